The molecule has 1 heteroatoms. The van der Waals surface area contributed by atoms with Crippen LogP contribution in [0, 0.1) is 5.92 Å². The molecule has 98 valence electrons. The number of piperidine rings is 1. The van der Waals surface area contributed by atoms with Crippen molar-refractivity contribution in [3.05, 3.63) is 48.0 Å². The van der Waals surface area contributed by atoms with E-state index in [4.69, 9.17) is 0 Å². The molecule has 0 bridgehead atoms. The van der Waals surface area contributed by atoms with Gasteiger partial charge in [-0.1, -0.05) is 49.4 Å². The Balaban J connectivity index is 1.68. The average Bonchev–Trinajstić information content (AvgIpc) is 3.02. The van der Waals surface area contributed by atoms with E-state index in [0.29, 0.717) is 5.41 Å². The van der Waals surface area contributed by atoms with Gasteiger partial charge in [-0.2, -0.15) is 0 Å². The molecule has 19 heavy (non-hydrogen) atoms. The molecule has 0 spiro atoms. The van der Waals surface area contributed by atoms with Crippen LogP contribution in [0.1, 0.15) is 25.3 Å². The standard InChI is InChI=1S/C18H21N/c1-2-9-19-12-17-11-18(17,13-19)16-8-7-14-5-3-4-6-15(14)10-16/h3-8,10,17H,2,9,11-13H2,1H3. The largest absolute Gasteiger partial charge is 0.302 e. The number of nitrogens with zero attached hydrogens (tertiary/aromatic N) is 1. The average molecular weight is 251 g/mol. The van der Waals surface area contributed by atoms with E-state index in [-0.39, 0.29) is 0 Å². The molecule has 1 aliphatic carbocycles. The molecule has 2 unspecified atom stereocenters. The van der Waals surface area contributed by atoms with Gasteiger partial charge in [-0.05, 0) is 41.6 Å². The van der Waals surface area contributed by atoms with Crippen molar-refractivity contribution in [1.29, 1.82) is 0 Å². The summed E-state index contributed by atoms with van der Waals surface area (Å²) in [4.78, 5) is 2.66. The zero-order valence-corrected chi connectivity index (χ0v) is 11.6. The fourth-order valence-electron chi connectivity index (χ4n) is 4.02. The Morgan fingerprint density at radius 3 is 2.84 bits per heavy atom. The van der Waals surface area contributed by atoms with Crippen LogP contribution in [0.3, 0.4) is 0 Å². The summed E-state index contributed by atoms with van der Waals surface area (Å²) in [5.41, 5.74) is 2.08. The lowest BCUT2D eigenvalue weighted by Gasteiger charge is -2.20. The fraction of sp³-hybridized carbons (Fsp3) is 0.444. The molecule has 1 nitrogen and oxygen atoms in total. The van der Waals surface area contributed by atoms with Crippen LogP contribution in [-0.4, -0.2) is 24.5 Å². The van der Waals surface area contributed by atoms with Crippen LogP contribution in [0.25, 0.3) is 10.8 Å². The minimum Gasteiger partial charge on any atom is -0.302 e. The molecule has 1 saturated heterocycles. The summed E-state index contributed by atoms with van der Waals surface area (Å²) in [6.07, 6.45) is 2.69. The molecule has 4 rings (SSSR count). The molecule has 0 aromatic heterocycles. The predicted octanol–water partition coefficient (Wildman–Crippen LogP) is 3.82. The maximum Gasteiger partial charge on any atom is 0.0125 e. The highest BCUT2D eigenvalue weighted by Gasteiger charge is 2.60. The second-order valence-electron chi connectivity index (χ2n) is 6.35. The Morgan fingerprint density at radius 1 is 1.16 bits per heavy atom. The van der Waals surface area contributed by atoms with Gasteiger partial charge in [0.1, 0.15) is 0 Å². The molecule has 1 aliphatic heterocycles. The summed E-state index contributed by atoms with van der Waals surface area (Å²) in [6, 6.07) is 15.8. The Morgan fingerprint density at radius 2 is 2.00 bits per heavy atom. The van der Waals surface area contributed by atoms with Gasteiger partial charge in [0, 0.05) is 18.5 Å². The first-order chi connectivity index (χ1) is 9.32. The van der Waals surface area contributed by atoms with Crippen molar-refractivity contribution in [2.24, 2.45) is 5.92 Å². The lowest BCUT2D eigenvalue weighted by Crippen LogP contribution is -2.27. The Bertz CT molecular complexity index is 618. The Hall–Kier alpha value is -1.34. The first-order valence-electron chi connectivity index (χ1n) is 7.53. The van der Waals surface area contributed by atoms with Crippen molar-refractivity contribution in [2.75, 3.05) is 19.6 Å². The van der Waals surface area contributed by atoms with Crippen LogP contribution in [0.2, 0.25) is 0 Å². The van der Waals surface area contributed by atoms with Crippen LogP contribution in [0.4, 0.5) is 0 Å². The van der Waals surface area contributed by atoms with Gasteiger partial charge in [-0.25, -0.2) is 0 Å². The van der Waals surface area contributed by atoms with Crippen LogP contribution in [-0.2, 0) is 5.41 Å². The summed E-state index contributed by atoms with van der Waals surface area (Å²) in [5.74, 6) is 0.917. The summed E-state index contributed by atoms with van der Waals surface area (Å²) < 4.78 is 0. The van der Waals surface area contributed by atoms with Crippen molar-refractivity contribution in [1.82, 2.24) is 4.90 Å². The third kappa shape index (κ3) is 1.72. The highest BCUT2D eigenvalue weighted by molar-refractivity contribution is 5.83. The van der Waals surface area contributed by atoms with Crippen LogP contribution in [0.5, 0.6) is 0 Å². The molecule has 2 fully saturated rings. The lowest BCUT2D eigenvalue weighted by molar-refractivity contribution is 0.299. The highest BCUT2D eigenvalue weighted by Crippen LogP contribution is 2.59. The topological polar surface area (TPSA) is 3.24 Å². The number of benzene rings is 2. The van der Waals surface area contributed by atoms with Crippen molar-refractivity contribution < 1.29 is 0 Å². The molecular formula is C18H21N. The molecule has 0 N–H and O–H groups in total. The third-order valence-electron chi connectivity index (χ3n) is 5.08. The van der Waals surface area contributed by atoms with Crippen LogP contribution >= 0.6 is 0 Å². The first-order valence-corrected chi connectivity index (χ1v) is 7.53. The van der Waals surface area contributed by atoms with Crippen molar-refractivity contribution in [2.45, 2.75) is 25.2 Å². The van der Waals surface area contributed by atoms with E-state index in [1.807, 2.05) is 0 Å². The first kappa shape index (κ1) is 11.5. The van der Waals surface area contributed by atoms with Crippen LogP contribution < -0.4 is 0 Å². The maximum absolute atomic E-state index is 2.66. The fourth-order valence-corrected chi connectivity index (χ4v) is 4.02. The number of hydrogen-bond donors (Lipinski definition) is 0. The summed E-state index contributed by atoms with van der Waals surface area (Å²) in [5, 5.41) is 2.76. The van der Waals surface area contributed by atoms with Crippen molar-refractivity contribution >= 4 is 10.8 Å². The SMILES string of the molecule is CCCN1CC2CC2(c2ccc3ccccc3c2)C1. The zero-order chi connectivity index (χ0) is 12.9. The van der Waals surface area contributed by atoms with E-state index in [1.165, 1.54) is 43.2 Å². The van der Waals surface area contributed by atoms with Gasteiger partial charge in [0.15, 0.2) is 0 Å². The Kier molecular flexibility index (Phi) is 2.46. The van der Waals surface area contributed by atoms with E-state index in [0.717, 1.165) is 5.92 Å². The predicted molar refractivity (Wildman–Crippen MR) is 80.5 cm³/mol. The van der Waals surface area contributed by atoms with Gasteiger partial charge in [0.05, 0.1) is 0 Å². The third-order valence-corrected chi connectivity index (χ3v) is 5.08. The van der Waals surface area contributed by atoms with Crippen LogP contribution in [0.15, 0.2) is 42.5 Å². The van der Waals surface area contributed by atoms with Crippen molar-refractivity contribution in [3.8, 4) is 0 Å². The molecule has 2 aromatic carbocycles. The highest BCUT2D eigenvalue weighted by atomic mass is 15.2. The lowest BCUT2D eigenvalue weighted by atomic mass is 9.93. The normalized spacial score (nSPS) is 29.6. The number of rotatable bonds is 3. The monoisotopic (exact) mass is 251 g/mol. The van der Waals surface area contributed by atoms with Crippen molar-refractivity contribution in [3.63, 3.8) is 0 Å². The Labute approximate surface area is 115 Å². The van der Waals surface area contributed by atoms with E-state index in [9.17, 15) is 0 Å². The van der Waals surface area contributed by atoms with Gasteiger partial charge in [-0.3, -0.25) is 0 Å². The van der Waals surface area contributed by atoms with Gasteiger partial charge in [0.2, 0.25) is 0 Å². The smallest absolute Gasteiger partial charge is 0.0125 e. The minimum absolute atomic E-state index is 0.499. The van der Waals surface area contributed by atoms with Gasteiger partial charge < -0.3 is 4.90 Å². The molecule has 2 aliphatic rings. The number of likely N-dealkylation sites (tertiary alicyclic amines) is 1. The van der Waals surface area contributed by atoms with E-state index >= 15 is 0 Å². The quantitative estimate of drug-likeness (QED) is 0.801. The molecule has 2 atom stereocenters. The summed E-state index contributed by atoms with van der Waals surface area (Å²) in [6.45, 7) is 6.16. The van der Waals surface area contributed by atoms with Gasteiger partial charge >= 0.3 is 0 Å². The molecule has 0 radical (unpaired) electrons. The molecule has 0 amide bonds. The minimum atomic E-state index is 0.499. The van der Waals surface area contributed by atoms with Gasteiger partial charge in [-0.15, -0.1) is 0 Å². The summed E-state index contributed by atoms with van der Waals surface area (Å²) in [7, 11) is 0. The second kappa shape index (κ2) is 4.08. The number of hydrogen-bond acceptors (Lipinski definition) is 1. The summed E-state index contributed by atoms with van der Waals surface area (Å²) >= 11 is 0. The second-order valence-corrected chi connectivity index (χ2v) is 6.35. The zero-order valence-electron chi connectivity index (χ0n) is 11.6. The van der Waals surface area contributed by atoms with E-state index < -0.39 is 0 Å². The van der Waals surface area contributed by atoms with Gasteiger partial charge in [0.25, 0.3) is 0 Å². The van der Waals surface area contributed by atoms with E-state index in [1.54, 1.807) is 5.56 Å². The molecule has 1 heterocycles. The molecule has 2 aromatic rings. The maximum atomic E-state index is 2.66. The molecular weight excluding hydrogens is 230 g/mol. The number of fused-ring (bicyclic) bond motifs is 2. The van der Waals surface area contributed by atoms with E-state index in [2.05, 4.69) is 54.3 Å². The molecule has 1 saturated carbocycles.